The summed E-state index contributed by atoms with van der Waals surface area (Å²) < 4.78 is 11.8. The maximum Gasteiger partial charge on any atom is 0.169 e. The first-order chi connectivity index (χ1) is 9.72. The van der Waals surface area contributed by atoms with Crippen molar-refractivity contribution >= 4 is 6.08 Å². The molecule has 0 unspecified atom stereocenters. The predicted molar refractivity (Wildman–Crippen MR) is 81.1 cm³/mol. The van der Waals surface area contributed by atoms with Crippen molar-refractivity contribution in [2.45, 2.75) is 32.8 Å². The Hall–Kier alpha value is -1.74. The molecule has 20 heavy (non-hydrogen) atoms. The van der Waals surface area contributed by atoms with Crippen LogP contribution in [-0.2, 0) is 6.42 Å². The summed E-state index contributed by atoms with van der Waals surface area (Å²) in [4.78, 5) is 0. The van der Waals surface area contributed by atoms with Crippen molar-refractivity contribution in [3.8, 4) is 11.5 Å². The van der Waals surface area contributed by atoms with Crippen LogP contribution in [0.15, 0.2) is 29.4 Å². The molecule has 0 amide bonds. The third kappa shape index (κ3) is 2.22. The summed E-state index contributed by atoms with van der Waals surface area (Å²) >= 11 is 0. The molecule has 1 heterocycles. The van der Waals surface area contributed by atoms with Gasteiger partial charge in [-0.2, -0.15) is 0 Å². The van der Waals surface area contributed by atoms with Crippen molar-refractivity contribution in [2.24, 2.45) is 5.73 Å². The molecule has 0 aromatic heterocycles. The van der Waals surface area contributed by atoms with Crippen LogP contribution in [-0.4, -0.2) is 19.3 Å². The molecule has 1 aliphatic carbocycles. The summed E-state index contributed by atoms with van der Waals surface area (Å²) in [5.41, 5.74) is 11.0. The SMILES string of the molecule is CCC1=C(C)C=Cc2c(ccc3c2O[C@@H](CN)CO3)C1. The fraction of sp³-hybridized carbons (Fsp3) is 0.412. The smallest absolute Gasteiger partial charge is 0.169 e. The Balaban J connectivity index is 2.05. The Labute approximate surface area is 120 Å². The zero-order valence-corrected chi connectivity index (χ0v) is 12.1. The monoisotopic (exact) mass is 271 g/mol. The summed E-state index contributed by atoms with van der Waals surface area (Å²) in [6.07, 6.45) is 6.34. The first kappa shape index (κ1) is 13.3. The highest BCUT2D eigenvalue weighted by Crippen LogP contribution is 2.40. The Bertz CT molecular complexity index is 587. The lowest BCUT2D eigenvalue weighted by Gasteiger charge is -2.27. The van der Waals surface area contributed by atoms with Crippen molar-refractivity contribution < 1.29 is 9.47 Å². The highest BCUT2D eigenvalue weighted by Gasteiger charge is 2.24. The Kier molecular flexibility index (Phi) is 3.53. The maximum absolute atomic E-state index is 6.02. The lowest BCUT2D eigenvalue weighted by Crippen LogP contribution is -2.36. The van der Waals surface area contributed by atoms with Gasteiger partial charge in [-0.15, -0.1) is 0 Å². The summed E-state index contributed by atoms with van der Waals surface area (Å²) in [6, 6.07) is 4.17. The van der Waals surface area contributed by atoms with Crippen LogP contribution in [0, 0.1) is 0 Å². The molecule has 0 saturated heterocycles. The zero-order valence-electron chi connectivity index (χ0n) is 12.1. The number of hydrogen-bond donors (Lipinski definition) is 1. The predicted octanol–water partition coefficient (Wildman–Crippen LogP) is 3.08. The van der Waals surface area contributed by atoms with E-state index in [1.165, 1.54) is 16.7 Å². The van der Waals surface area contributed by atoms with Crippen LogP contribution in [0.3, 0.4) is 0 Å². The molecule has 106 valence electrons. The van der Waals surface area contributed by atoms with Gasteiger partial charge in [0, 0.05) is 12.1 Å². The number of ether oxygens (including phenoxy) is 2. The molecule has 1 aliphatic heterocycles. The molecule has 0 fully saturated rings. The standard InChI is InChI=1S/C17H21NO2/c1-3-12-8-13-5-7-16-17(15(13)6-4-11(12)2)20-14(9-18)10-19-16/h4-7,14H,3,8-10,18H2,1-2H3/t14-/m0/s1. The van der Waals surface area contributed by atoms with E-state index in [-0.39, 0.29) is 6.10 Å². The van der Waals surface area contributed by atoms with Crippen LogP contribution in [0.5, 0.6) is 11.5 Å². The van der Waals surface area contributed by atoms with Gasteiger partial charge in [-0.25, -0.2) is 0 Å². The van der Waals surface area contributed by atoms with Crippen LogP contribution < -0.4 is 15.2 Å². The Morgan fingerprint density at radius 3 is 2.90 bits per heavy atom. The van der Waals surface area contributed by atoms with Gasteiger partial charge in [0.15, 0.2) is 11.5 Å². The Morgan fingerprint density at radius 2 is 2.15 bits per heavy atom. The van der Waals surface area contributed by atoms with E-state index in [4.69, 9.17) is 15.2 Å². The quantitative estimate of drug-likeness (QED) is 0.899. The zero-order chi connectivity index (χ0) is 14.1. The minimum absolute atomic E-state index is 0.0506. The van der Waals surface area contributed by atoms with E-state index in [9.17, 15) is 0 Å². The van der Waals surface area contributed by atoms with E-state index < -0.39 is 0 Å². The molecule has 2 N–H and O–H groups in total. The van der Waals surface area contributed by atoms with Crippen LogP contribution in [0.1, 0.15) is 31.4 Å². The van der Waals surface area contributed by atoms with Crippen LogP contribution >= 0.6 is 0 Å². The second-order valence-corrected chi connectivity index (χ2v) is 5.40. The molecule has 1 aromatic carbocycles. The molecular formula is C17H21NO2. The molecule has 2 aliphatic rings. The van der Waals surface area contributed by atoms with Gasteiger partial charge < -0.3 is 15.2 Å². The third-order valence-electron chi connectivity index (χ3n) is 4.11. The van der Waals surface area contributed by atoms with E-state index in [0.717, 1.165) is 29.9 Å². The minimum atomic E-state index is -0.0506. The number of benzene rings is 1. The number of nitrogens with two attached hydrogens (primary N) is 1. The molecule has 1 atom stereocenters. The lowest BCUT2D eigenvalue weighted by atomic mass is 9.97. The molecule has 3 heteroatoms. The number of fused-ring (bicyclic) bond motifs is 3. The van der Waals surface area contributed by atoms with Crippen LogP contribution in [0.25, 0.3) is 6.08 Å². The van der Waals surface area contributed by atoms with Gasteiger partial charge in [-0.05, 0) is 31.4 Å². The molecule has 0 radical (unpaired) electrons. The molecule has 0 spiro atoms. The fourth-order valence-corrected chi connectivity index (χ4v) is 2.79. The summed E-state index contributed by atoms with van der Waals surface area (Å²) in [5, 5.41) is 0. The fourth-order valence-electron chi connectivity index (χ4n) is 2.79. The van der Waals surface area contributed by atoms with Gasteiger partial charge in [-0.1, -0.05) is 36.3 Å². The first-order valence-electron chi connectivity index (χ1n) is 7.25. The number of rotatable bonds is 2. The third-order valence-corrected chi connectivity index (χ3v) is 4.11. The van der Waals surface area contributed by atoms with Gasteiger partial charge in [0.1, 0.15) is 12.7 Å². The summed E-state index contributed by atoms with van der Waals surface area (Å²) in [7, 11) is 0. The minimum Gasteiger partial charge on any atom is -0.486 e. The second-order valence-electron chi connectivity index (χ2n) is 5.40. The topological polar surface area (TPSA) is 44.5 Å². The molecule has 0 bridgehead atoms. The molecule has 0 saturated carbocycles. The molecule has 3 nitrogen and oxygen atoms in total. The van der Waals surface area contributed by atoms with Crippen molar-refractivity contribution in [3.63, 3.8) is 0 Å². The molecule has 3 rings (SSSR count). The number of hydrogen-bond acceptors (Lipinski definition) is 3. The van der Waals surface area contributed by atoms with Crippen LogP contribution in [0.2, 0.25) is 0 Å². The van der Waals surface area contributed by atoms with Gasteiger partial charge in [0.25, 0.3) is 0 Å². The average molecular weight is 271 g/mol. The maximum atomic E-state index is 6.02. The van der Waals surface area contributed by atoms with Crippen LogP contribution in [0.4, 0.5) is 0 Å². The lowest BCUT2D eigenvalue weighted by molar-refractivity contribution is 0.0964. The van der Waals surface area contributed by atoms with E-state index in [2.05, 4.69) is 32.1 Å². The summed E-state index contributed by atoms with van der Waals surface area (Å²) in [5.74, 6) is 1.68. The Morgan fingerprint density at radius 1 is 1.30 bits per heavy atom. The van der Waals surface area contributed by atoms with E-state index in [0.29, 0.717) is 13.2 Å². The van der Waals surface area contributed by atoms with Gasteiger partial charge in [-0.3, -0.25) is 0 Å². The highest BCUT2D eigenvalue weighted by molar-refractivity contribution is 5.69. The average Bonchev–Trinajstić information content (AvgIpc) is 2.65. The van der Waals surface area contributed by atoms with E-state index in [1.807, 2.05) is 6.07 Å². The highest BCUT2D eigenvalue weighted by atomic mass is 16.6. The van der Waals surface area contributed by atoms with Crippen molar-refractivity contribution in [1.82, 2.24) is 0 Å². The van der Waals surface area contributed by atoms with Crippen molar-refractivity contribution in [2.75, 3.05) is 13.2 Å². The molecular weight excluding hydrogens is 250 g/mol. The largest absolute Gasteiger partial charge is 0.486 e. The van der Waals surface area contributed by atoms with Gasteiger partial charge >= 0.3 is 0 Å². The molecule has 1 aromatic rings. The second kappa shape index (κ2) is 5.33. The first-order valence-corrected chi connectivity index (χ1v) is 7.25. The van der Waals surface area contributed by atoms with E-state index in [1.54, 1.807) is 0 Å². The van der Waals surface area contributed by atoms with Crippen molar-refractivity contribution in [3.05, 3.63) is 40.5 Å². The van der Waals surface area contributed by atoms with Gasteiger partial charge in [0.2, 0.25) is 0 Å². The normalized spacial score (nSPS) is 20.6. The van der Waals surface area contributed by atoms with E-state index >= 15 is 0 Å². The van der Waals surface area contributed by atoms with Crippen molar-refractivity contribution in [1.29, 1.82) is 0 Å². The van der Waals surface area contributed by atoms with Gasteiger partial charge in [0.05, 0.1) is 0 Å². The number of allylic oxidation sites excluding steroid dienone is 3. The summed E-state index contributed by atoms with van der Waals surface area (Å²) in [6.45, 7) is 5.39.